The van der Waals surface area contributed by atoms with E-state index in [4.69, 9.17) is 9.47 Å². The number of nitrogens with zero attached hydrogens (tertiary/aromatic N) is 5. The number of benzene rings is 6. The lowest BCUT2D eigenvalue weighted by atomic mass is 9.79. The highest BCUT2D eigenvalue weighted by Gasteiger charge is 2.71. The first-order valence-electron chi connectivity index (χ1n) is 18.4. The zero-order chi connectivity index (χ0) is 35.4. The molecule has 8 aromatic rings. The van der Waals surface area contributed by atoms with Gasteiger partial charge in [-0.3, -0.25) is 0 Å². The van der Waals surface area contributed by atoms with Gasteiger partial charge < -0.3 is 14.4 Å². The standard InChI is InChI=1S/C47H31N5O2/c1-28-24-31(30-12-4-3-5-13-30)25-29(2)42(28)32-26-49-35-16-10-17-36-43(35)47(50(49)27-32)44-37(21-22-40-45(44)51(36)33-14-6-8-18-38(33)53-40)52-34-15-7-9-19-39(34)54-41-20-11-23-48(47)46(41)52/h3-27H,1-2H3/q+2. The zero-order valence-corrected chi connectivity index (χ0v) is 29.5. The summed E-state index contributed by atoms with van der Waals surface area (Å²) >= 11 is 0. The average Bonchev–Trinajstić information content (AvgIpc) is 3.75. The molecule has 254 valence electrons. The molecule has 0 N–H and O–H groups in total. The summed E-state index contributed by atoms with van der Waals surface area (Å²) < 4.78 is 20.8. The van der Waals surface area contributed by atoms with Crippen molar-refractivity contribution in [2.75, 3.05) is 9.80 Å². The summed E-state index contributed by atoms with van der Waals surface area (Å²) in [6, 6.07) is 47.3. The van der Waals surface area contributed by atoms with Crippen LogP contribution >= 0.6 is 0 Å². The Hall–Kier alpha value is -7.12. The third-order valence-corrected chi connectivity index (χ3v) is 11.9. The van der Waals surface area contributed by atoms with Crippen molar-refractivity contribution in [3.05, 3.63) is 174 Å². The quantitative estimate of drug-likeness (QED) is 0.169. The molecule has 0 bridgehead atoms. The van der Waals surface area contributed by atoms with Gasteiger partial charge >= 0.3 is 11.5 Å². The van der Waals surface area contributed by atoms with Crippen molar-refractivity contribution in [2.24, 2.45) is 0 Å². The van der Waals surface area contributed by atoms with Crippen molar-refractivity contribution >= 4 is 34.3 Å². The average molecular weight is 698 g/mol. The smallest absolute Gasteiger partial charge is 0.394 e. The van der Waals surface area contributed by atoms with E-state index in [0.29, 0.717) is 0 Å². The van der Waals surface area contributed by atoms with Gasteiger partial charge in [-0.25, -0.2) is 0 Å². The number of anilines is 6. The van der Waals surface area contributed by atoms with Crippen molar-refractivity contribution in [3.8, 4) is 50.9 Å². The highest BCUT2D eigenvalue weighted by molar-refractivity contribution is 5.99. The lowest BCUT2D eigenvalue weighted by Crippen LogP contribution is -2.77. The lowest BCUT2D eigenvalue weighted by molar-refractivity contribution is -0.991. The molecule has 7 heteroatoms. The van der Waals surface area contributed by atoms with Gasteiger partial charge in [-0.05, 0) is 102 Å². The molecule has 2 aromatic heterocycles. The Labute approximate surface area is 311 Å². The van der Waals surface area contributed by atoms with E-state index in [1.54, 1.807) is 0 Å². The summed E-state index contributed by atoms with van der Waals surface area (Å²) in [6.45, 7) is 4.47. The Kier molecular flexibility index (Phi) is 5.08. The Bertz CT molecular complexity index is 2980. The molecule has 5 aliphatic rings. The summed E-state index contributed by atoms with van der Waals surface area (Å²) in [4.78, 5) is 4.81. The fourth-order valence-corrected chi connectivity index (χ4v) is 10.0. The van der Waals surface area contributed by atoms with E-state index in [0.717, 1.165) is 68.5 Å². The van der Waals surface area contributed by atoms with E-state index in [-0.39, 0.29) is 0 Å². The molecule has 7 nitrogen and oxygen atoms in total. The van der Waals surface area contributed by atoms with E-state index in [1.807, 2.05) is 12.1 Å². The van der Waals surface area contributed by atoms with Crippen molar-refractivity contribution in [1.29, 1.82) is 0 Å². The number of aryl methyl sites for hydroxylation is 2. The van der Waals surface area contributed by atoms with Crippen LogP contribution in [0, 0.1) is 13.8 Å². The van der Waals surface area contributed by atoms with Gasteiger partial charge in [-0.15, -0.1) is 4.68 Å². The molecule has 0 saturated carbocycles. The number of aromatic nitrogens is 3. The number of fused-ring (bicyclic) bond motifs is 8. The molecule has 1 spiro atoms. The number of pyridine rings is 1. The highest BCUT2D eigenvalue weighted by Crippen LogP contribution is 2.66. The third kappa shape index (κ3) is 3.22. The summed E-state index contributed by atoms with van der Waals surface area (Å²) in [6.07, 6.45) is 6.91. The van der Waals surface area contributed by atoms with Crippen LogP contribution in [0.15, 0.2) is 152 Å². The second-order valence-electron chi connectivity index (χ2n) is 14.8. The van der Waals surface area contributed by atoms with Gasteiger partial charge in [-0.1, -0.05) is 77.5 Å². The topological polar surface area (TPSA) is 37.6 Å². The largest absolute Gasteiger partial charge is 0.453 e. The highest BCUT2D eigenvalue weighted by atomic mass is 16.5. The van der Waals surface area contributed by atoms with Gasteiger partial charge in [0.1, 0.15) is 16.9 Å². The minimum atomic E-state index is -0.819. The van der Waals surface area contributed by atoms with Crippen LogP contribution in [0.5, 0.6) is 23.0 Å². The van der Waals surface area contributed by atoms with E-state index in [1.165, 1.54) is 38.9 Å². The predicted molar refractivity (Wildman–Crippen MR) is 208 cm³/mol. The second-order valence-corrected chi connectivity index (χ2v) is 14.8. The van der Waals surface area contributed by atoms with Gasteiger partial charge in [0.15, 0.2) is 34.2 Å². The molecule has 54 heavy (non-hydrogen) atoms. The van der Waals surface area contributed by atoms with Crippen molar-refractivity contribution < 1.29 is 18.7 Å². The van der Waals surface area contributed by atoms with Gasteiger partial charge in [0, 0.05) is 0 Å². The maximum Gasteiger partial charge on any atom is 0.394 e. The molecule has 0 radical (unpaired) electrons. The molecule has 0 amide bonds. The van der Waals surface area contributed by atoms with Crippen molar-refractivity contribution in [2.45, 2.75) is 19.5 Å². The third-order valence-electron chi connectivity index (χ3n) is 11.9. The first-order valence-corrected chi connectivity index (χ1v) is 18.4. The Balaban J connectivity index is 1.16. The zero-order valence-electron chi connectivity index (χ0n) is 29.5. The van der Waals surface area contributed by atoms with E-state index in [9.17, 15) is 0 Å². The number of hydrogen-bond acceptors (Lipinski definition) is 4. The predicted octanol–water partition coefficient (Wildman–Crippen LogP) is 10.4. The molecular formula is C47H31N5O2+2. The Morgan fingerprint density at radius 2 is 1.17 bits per heavy atom. The van der Waals surface area contributed by atoms with Crippen LogP contribution in [-0.2, 0) is 5.66 Å². The molecule has 6 aromatic carbocycles. The fraction of sp³-hybridized carbons (Fsp3) is 0.0638. The Morgan fingerprint density at radius 1 is 0.519 bits per heavy atom. The summed E-state index contributed by atoms with van der Waals surface area (Å²) in [5.41, 5.74) is 15.3. The second kappa shape index (κ2) is 9.65. The van der Waals surface area contributed by atoms with Gasteiger partial charge in [-0.2, -0.15) is 9.47 Å². The van der Waals surface area contributed by atoms with Crippen LogP contribution in [-0.4, -0.2) is 4.68 Å². The van der Waals surface area contributed by atoms with Crippen LogP contribution in [0.3, 0.4) is 0 Å². The van der Waals surface area contributed by atoms with Crippen LogP contribution in [0.4, 0.5) is 34.3 Å². The molecule has 1 unspecified atom stereocenters. The van der Waals surface area contributed by atoms with E-state index >= 15 is 0 Å². The fourth-order valence-electron chi connectivity index (χ4n) is 10.0. The first kappa shape index (κ1) is 28.5. The number of para-hydroxylation sites is 4. The van der Waals surface area contributed by atoms with Gasteiger partial charge in [0.2, 0.25) is 11.9 Å². The number of rotatable bonds is 2. The molecule has 5 aliphatic heterocycles. The Morgan fingerprint density at radius 3 is 1.96 bits per heavy atom. The SMILES string of the molecule is Cc1cc(-c2ccccc2)cc(C)c1-c1cn2[n+](c1)C13c4c(cccc4-2)N2c4ccccc4Oc4ccc(c1c42)N1c2ccccc2Oc2ccc[n+]3c21. The molecule has 1 atom stereocenters. The summed E-state index contributed by atoms with van der Waals surface area (Å²) in [5, 5.41) is 0. The van der Waals surface area contributed by atoms with Crippen molar-refractivity contribution in [1.82, 2.24) is 4.68 Å². The molecule has 0 fully saturated rings. The normalized spacial score (nSPS) is 16.6. The maximum absolute atomic E-state index is 6.81. The lowest BCUT2D eigenvalue weighted by Gasteiger charge is -2.44. The minimum Gasteiger partial charge on any atom is -0.453 e. The number of ether oxygens (including phenoxy) is 2. The minimum absolute atomic E-state index is 0.811. The molecule has 7 heterocycles. The summed E-state index contributed by atoms with van der Waals surface area (Å²) in [5.74, 6) is 4.30. The monoisotopic (exact) mass is 697 g/mol. The van der Waals surface area contributed by atoms with Crippen LogP contribution in [0.1, 0.15) is 22.3 Å². The molecule has 13 rings (SSSR count). The van der Waals surface area contributed by atoms with E-state index in [2.05, 4.69) is 177 Å². The van der Waals surface area contributed by atoms with Crippen LogP contribution < -0.4 is 28.5 Å². The maximum atomic E-state index is 6.81. The van der Waals surface area contributed by atoms with Gasteiger partial charge in [0.25, 0.3) is 0 Å². The number of hydrogen-bond donors (Lipinski definition) is 0. The first-order chi connectivity index (χ1) is 26.6. The van der Waals surface area contributed by atoms with E-state index < -0.39 is 5.66 Å². The van der Waals surface area contributed by atoms with Crippen molar-refractivity contribution in [3.63, 3.8) is 0 Å². The molecular weight excluding hydrogens is 667 g/mol. The molecule has 0 saturated heterocycles. The van der Waals surface area contributed by atoms with Crippen LogP contribution in [0.25, 0.3) is 27.9 Å². The summed E-state index contributed by atoms with van der Waals surface area (Å²) in [7, 11) is 0. The van der Waals surface area contributed by atoms with Crippen LogP contribution in [0.2, 0.25) is 0 Å². The molecule has 0 aliphatic carbocycles. The van der Waals surface area contributed by atoms with Gasteiger partial charge in [0.05, 0.1) is 29.3 Å².